The summed E-state index contributed by atoms with van der Waals surface area (Å²) in [7, 11) is 3.18. The lowest BCUT2D eigenvalue weighted by molar-refractivity contribution is -0.164. The van der Waals surface area contributed by atoms with Crippen LogP contribution in [-0.4, -0.2) is 60.7 Å². The van der Waals surface area contributed by atoms with Gasteiger partial charge in [-0.15, -0.1) is 0 Å². The van der Waals surface area contributed by atoms with Crippen LogP contribution in [-0.2, 0) is 4.74 Å². The average Bonchev–Trinajstić information content (AvgIpc) is 2.70. The largest absolute Gasteiger partial charge is 0.493 e. The molecule has 4 rings (SSSR count). The molecule has 2 aliphatic heterocycles. The number of nitrogens with zero attached hydrogens (tertiary/aromatic N) is 3. The van der Waals surface area contributed by atoms with Gasteiger partial charge in [0.15, 0.2) is 11.5 Å². The van der Waals surface area contributed by atoms with Crippen molar-refractivity contribution in [2.24, 2.45) is 0 Å². The number of hydrogen-bond donors (Lipinski definition) is 2. The summed E-state index contributed by atoms with van der Waals surface area (Å²) in [6, 6.07) is 3.61. The van der Waals surface area contributed by atoms with E-state index in [1.165, 1.54) is 0 Å². The number of piperidine rings is 1. The number of nitrogen functional groups attached to an aromatic ring is 1. The number of methoxy groups -OCH3 is 2. The first-order chi connectivity index (χ1) is 13.1. The number of aromatic nitrogens is 2. The number of rotatable bonds is 3. The summed E-state index contributed by atoms with van der Waals surface area (Å²) >= 11 is 0. The van der Waals surface area contributed by atoms with Crippen LogP contribution in [0.1, 0.15) is 25.7 Å². The van der Waals surface area contributed by atoms with Crippen LogP contribution in [0.4, 0.5) is 11.8 Å². The van der Waals surface area contributed by atoms with Gasteiger partial charge in [0.2, 0.25) is 5.95 Å². The topological polar surface area (TPSA) is 103 Å². The maximum atomic E-state index is 10.4. The maximum Gasteiger partial charge on any atom is 0.227 e. The molecule has 0 aliphatic carbocycles. The summed E-state index contributed by atoms with van der Waals surface area (Å²) in [6.07, 6.45) is 2.83. The fraction of sp³-hybridized carbons (Fsp3) is 0.579. The highest BCUT2D eigenvalue weighted by Crippen LogP contribution is 2.37. The molecule has 2 aromatic rings. The Morgan fingerprint density at radius 1 is 1.19 bits per heavy atom. The van der Waals surface area contributed by atoms with E-state index >= 15 is 0 Å². The van der Waals surface area contributed by atoms with Crippen molar-refractivity contribution >= 4 is 22.7 Å². The van der Waals surface area contributed by atoms with Gasteiger partial charge in [0.25, 0.3) is 0 Å². The molecule has 1 atom stereocenters. The third-order valence-electron chi connectivity index (χ3n) is 5.73. The highest BCUT2D eigenvalue weighted by atomic mass is 16.5. The number of nitrogens with two attached hydrogens (primary N) is 1. The lowest BCUT2D eigenvalue weighted by Gasteiger charge is -2.46. The Morgan fingerprint density at radius 3 is 2.56 bits per heavy atom. The summed E-state index contributed by atoms with van der Waals surface area (Å²) in [5.74, 6) is 2.19. The van der Waals surface area contributed by atoms with Crippen LogP contribution in [0.15, 0.2) is 12.1 Å². The number of aliphatic hydroxyl groups is 1. The van der Waals surface area contributed by atoms with E-state index < -0.39 is 11.7 Å². The first-order valence-corrected chi connectivity index (χ1v) is 9.32. The fourth-order valence-electron chi connectivity index (χ4n) is 4.08. The van der Waals surface area contributed by atoms with Gasteiger partial charge in [-0.25, -0.2) is 4.98 Å². The molecule has 27 heavy (non-hydrogen) atoms. The van der Waals surface area contributed by atoms with E-state index in [1.807, 2.05) is 6.07 Å². The predicted molar refractivity (Wildman–Crippen MR) is 102 cm³/mol. The van der Waals surface area contributed by atoms with E-state index in [0.29, 0.717) is 28.8 Å². The Kier molecular flexibility index (Phi) is 4.69. The number of hydrogen-bond acceptors (Lipinski definition) is 8. The minimum atomic E-state index is -0.423. The van der Waals surface area contributed by atoms with Crippen molar-refractivity contribution in [1.29, 1.82) is 0 Å². The van der Waals surface area contributed by atoms with E-state index in [-0.39, 0.29) is 0 Å². The summed E-state index contributed by atoms with van der Waals surface area (Å²) < 4.78 is 16.7. The predicted octanol–water partition coefficient (Wildman–Crippen LogP) is 1.74. The lowest BCUT2D eigenvalue weighted by Crippen LogP contribution is -2.55. The van der Waals surface area contributed by atoms with Gasteiger partial charge in [-0.2, -0.15) is 4.98 Å². The standard InChI is InChI=1S/C19H26N4O4/c1-25-14-10-12-13(11-15(14)26-2)21-18(22-17(12)20)23-7-5-19(6-8-23)16(24)4-3-9-27-19/h10-11,16,24H,3-9H2,1-2H3,(H2,20,21,22)/t16-/m0/s1. The van der Waals surface area contributed by atoms with E-state index in [9.17, 15) is 5.11 Å². The van der Waals surface area contributed by atoms with Gasteiger partial charge in [0.1, 0.15) is 5.82 Å². The van der Waals surface area contributed by atoms with Crippen molar-refractivity contribution in [2.45, 2.75) is 37.4 Å². The van der Waals surface area contributed by atoms with Crippen LogP contribution in [0.2, 0.25) is 0 Å². The van der Waals surface area contributed by atoms with Crippen molar-refractivity contribution in [2.75, 3.05) is 44.5 Å². The highest BCUT2D eigenvalue weighted by Gasteiger charge is 2.44. The van der Waals surface area contributed by atoms with Crippen LogP contribution in [0.5, 0.6) is 11.5 Å². The van der Waals surface area contributed by atoms with Gasteiger partial charge in [-0.1, -0.05) is 0 Å². The molecule has 2 saturated heterocycles. The van der Waals surface area contributed by atoms with Gasteiger partial charge < -0.3 is 30.0 Å². The molecular formula is C19H26N4O4. The molecule has 1 aromatic carbocycles. The number of fused-ring (bicyclic) bond motifs is 1. The van der Waals surface area contributed by atoms with Gasteiger partial charge in [-0.3, -0.25) is 0 Å². The molecule has 0 bridgehead atoms. The Bertz CT molecular complexity index is 836. The molecular weight excluding hydrogens is 348 g/mol. The van der Waals surface area contributed by atoms with E-state index in [0.717, 1.165) is 50.8 Å². The quantitative estimate of drug-likeness (QED) is 0.837. The number of anilines is 2. The van der Waals surface area contributed by atoms with Crippen LogP contribution in [0.25, 0.3) is 10.9 Å². The minimum Gasteiger partial charge on any atom is -0.493 e. The van der Waals surface area contributed by atoms with Crippen molar-refractivity contribution in [3.63, 3.8) is 0 Å². The molecule has 1 spiro atoms. The SMILES string of the molecule is COc1cc2nc(N3CCC4(CC3)OCCC[C@@H]4O)nc(N)c2cc1OC. The van der Waals surface area contributed by atoms with Gasteiger partial charge in [-0.05, 0) is 31.7 Å². The van der Waals surface area contributed by atoms with Crippen molar-refractivity contribution in [1.82, 2.24) is 9.97 Å². The van der Waals surface area contributed by atoms with Gasteiger partial charge in [0, 0.05) is 31.1 Å². The molecule has 8 heteroatoms. The van der Waals surface area contributed by atoms with E-state index in [2.05, 4.69) is 9.88 Å². The molecule has 146 valence electrons. The third-order valence-corrected chi connectivity index (χ3v) is 5.73. The normalized spacial score (nSPS) is 22.2. The molecule has 2 aliphatic rings. The molecule has 0 radical (unpaired) electrons. The Balaban J connectivity index is 1.61. The average molecular weight is 374 g/mol. The van der Waals surface area contributed by atoms with Gasteiger partial charge in [0.05, 0.1) is 31.4 Å². The molecule has 8 nitrogen and oxygen atoms in total. The van der Waals surface area contributed by atoms with E-state index in [1.54, 1.807) is 20.3 Å². The Labute approximate surface area is 158 Å². The third kappa shape index (κ3) is 3.12. The molecule has 1 aromatic heterocycles. The van der Waals surface area contributed by atoms with Gasteiger partial charge >= 0.3 is 0 Å². The second kappa shape index (κ2) is 7.01. The smallest absolute Gasteiger partial charge is 0.227 e. The van der Waals surface area contributed by atoms with Crippen LogP contribution < -0.4 is 20.1 Å². The molecule has 2 fully saturated rings. The van der Waals surface area contributed by atoms with Crippen LogP contribution in [0, 0.1) is 0 Å². The van der Waals surface area contributed by atoms with E-state index in [4.69, 9.17) is 24.9 Å². The first-order valence-electron chi connectivity index (χ1n) is 9.32. The Morgan fingerprint density at radius 2 is 1.89 bits per heavy atom. The summed E-state index contributed by atoms with van der Waals surface area (Å²) in [5, 5.41) is 11.1. The number of aliphatic hydroxyl groups excluding tert-OH is 1. The maximum absolute atomic E-state index is 10.4. The first kappa shape index (κ1) is 18.1. The second-order valence-electron chi connectivity index (χ2n) is 7.19. The highest BCUT2D eigenvalue weighted by molar-refractivity contribution is 5.91. The molecule has 3 heterocycles. The summed E-state index contributed by atoms with van der Waals surface area (Å²) in [4.78, 5) is 11.3. The zero-order valence-electron chi connectivity index (χ0n) is 15.8. The monoisotopic (exact) mass is 374 g/mol. The van der Waals surface area contributed by atoms with Crippen molar-refractivity contribution in [3.8, 4) is 11.5 Å². The second-order valence-corrected chi connectivity index (χ2v) is 7.19. The summed E-state index contributed by atoms with van der Waals surface area (Å²) in [6.45, 7) is 2.16. The molecule has 3 N–H and O–H groups in total. The summed E-state index contributed by atoms with van der Waals surface area (Å²) in [5.41, 5.74) is 6.49. The van der Waals surface area contributed by atoms with Crippen molar-refractivity contribution in [3.05, 3.63) is 12.1 Å². The lowest BCUT2D eigenvalue weighted by atomic mass is 9.82. The molecule has 0 amide bonds. The number of benzene rings is 1. The molecule has 0 saturated carbocycles. The Hall–Kier alpha value is -2.32. The minimum absolute atomic E-state index is 0.396. The van der Waals surface area contributed by atoms with Crippen LogP contribution in [0.3, 0.4) is 0 Å². The van der Waals surface area contributed by atoms with Crippen LogP contribution >= 0.6 is 0 Å². The molecule has 0 unspecified atom stereocenters. The number of ether oxygens (including phenoxy) is 3. The fourth-order valence-corrected chi connectivity index (χ4v) is 4.08. The zero-order valence-corrected chi connectivity index (χ0v) is 15.8. The zero-order chi connectivity index (χ0) is 19.0. The van der Waals surface area contributed by atoms with Crippen molar-refractivity contribution < 1.29 is 19.3 Å².